The quantitative estimate of drug-likeness (QED) is 0.333. The summed E-state index contributed by atoms with van der Waals surface area (Å²) in [5.74, 6) is 1.51. The number of unbranched alkanes of at least 4 members (excludes halogenated alkanes) is 1. The summed E-state index contributed by atoms with van der Waals surface area (Å²) in [6, 6.07) is 12.2. The van der Waals surface area contributed by atoms with Crippen molar-refractivity contribution in [3.63, 3.8) is 0 Å². The Morgan fingerprint density at radius 3 is 2.68 bits per heavy atom. The van der Waals surface area contributed by atoms with Crippen LogP contribution in [0.25, 0.3) is 0 Å². The maximum atomic E-state index is 13.3. The van der Waals surface area contributed by atoms with Crippen LogP contribution in [0.4, 0.5) is 21.8 Å². The largest absolute Gasteiger partial charge is 0.427 e. The SMILES string of the molecule is CCCCC(=O)Oc1ccc2c(c1)CCN(c1nc(Nc3ccc(F)cc3)nc(C)c1C)C2C. The van der Waals surface area contributed by atoms with Gasteiger partial charge in [-0.2, -0.15) is 4.98 Å². The Hall–Kier alpha value is -3.48. The zero-order valence-corrected chi connectivity index (χ0v) is 20.2. The fourth-order valence-corrected chi connectivity index (χ4v) is 4.28. The van der Waals surface area contributed by atoms with Crippen molar-refractivity contribution in [3.8, 4) is 5.75 Å². The number of hydrogen-bond donors (Lipinski definition) is 1. The van der Waals surface area contributed by atoms with Crippen LogP contribution in [0, 0.1) is 19.7 Å². The van der Waals surface area contributed by atoms with Gasteiger partial charge in [-0.15, -0.1) is 0 Å². The van der Waals surface area contributed by atoms with Crippen molar-refractivity contribution in [2.75, 3.05) is 16.8 Å². The molecule has 34 heavy (non-hydrogen) atoms. The van der Waals surface area contributed by atoms with Crippen molar-refractivity contribution in [3.05, 3.63) is 70.7 Å². The molecular formula is C27H31FN4O2. The van der Waals surface area contributed by atoms with Crippen LogP contribution in [-0.4, -0.2) is 22.5 Å². The average Bonchev–Trinajstić information content (AvgIpc) is 2.82. The number of benzene rings is 2. The van der Waals surface area contributed by atoms with Crippen LogP contribution in [0.3, 0.4) is 0 Å². The molecule has 1 aliphatic heterocycles. The Bertz CT molecular complexity index is 1180. The van der Waals surface area contributed by atoms with Gasteiger partial charge in [0.2, 0.25) is 5.95 Å². The first kappa shape index (κ1) is 23.7. The predicted molar refractivity (Wildman–Crippen MR) is 132 cm³/mol. The molecule has 0 saturated carbocycles. The lowest BCUT2D eigenvalue weighted by atomic mass is 9.93. The predicted octanol–water partition coefficient (Wildman–Crippen LogP) is 6.20. The van der Waals surface area contributed by atoms with E-state index in [1.807, 2.05) is 26.0 Å². The van der Waals surface area contributed by atoms with E-state index in [2.05, 4.69) is 35.1 Å². The number of anilines is 3. The highest BCUT2D eigenvalue weighted by atomic mass is 19.1. The first-order valence-electron chi connectivity index (χ1n) is 11.8. The van der Waals surface area contributed by atoms with Crippen molar-refractivity contribution < 1.29 is 13.9 Å². The summed E-state index contributed by atoms with van der Waals surface area (Å²) in [6.45, 7) is 9.01. The number of esters is 1. The number of fused-ring (bicyclic) bond motifs is 1. The van der Waals surface area contributed by atoms with E-state index < -0.39 is 0 Å². The minimum absolute atomic E-state index is 0.0975. The number of ether oxygens (including phenoxy) is 1. The van der Waals surface area contributed by atoms with E-state index in [0.29, 0.717) is 18.1 Å². The van der Waals surface area contributed by atoms with Gasteiger partial charge in [-0.1, -0.05) is 19.4 Å². The summed E-state index contributed by atoms with van der Waals surface area (Å²) in [5.41, 5.74) is 5.04. The molecule has 1 aliphatic rings. The number of nitrogens with one attached hydrogen (secondary N) is 1. The standard InChI is InChI=1S/C27H31FN4O2/c1-5-6-7-25(33)34-23-12-13-24-19(4)32(15-14-20(24)16-23)26-17(2)18(3)29-27(31-26)30-22-10-8-21(28)9-11-22/h8-13,16,19H,5-7,14-15H2,1-4H3,(H,29,30,31). The van der Waals surface area contributed by atoms with Gasteiger partial charge in [-0.25, -0.2) is 9.37 Å². The smallest absolute Gasteiger partial charge is 0.311 e. The fraction of sp³-hybridized carbons (Fsp3) is 0.370. The molecule has 0 bridgehead atoms. The normalized spacial score (nSPS) is 15.1. The molecule has 0 aliphatic carbocycles. The van der Waals surface area contributed by atoms with E-state index in [9.17, 15) is 9.18 Å². The van der Waals surface area contributed by atoms with Crippen LogP contribution in [0.5, 0.6) is 5.75 Å². The Kier molecular flexibility index (Phi) is 7.10. The molecule has 2 aromatic carbocycles. The maximum absolute atomic E-state index is 13.3. The van der Waals surface area contributed by atoms with E-state index in [1.165, 1.54) is 23.3 Å². The molecule has 1 N–H and O–H groups in total. The molecule has 1 unspecified atom stereocenters. The van der Waals surface area contributed by atoms with Crippen molar-refractivity contribution in [2.45, 2.75) is 59.4 Å². The highest BCUT2D eigenvalue weighted by Crippen LogP contribution is 2.36. The number of rotatable bonds is 7. The molecule has 4 rings (SSSR count). The number of aromatic nitrogens is 2. The van der Waals surface area contributed by atoms with E-state index >= 15 is 0 Å². The van der Waals surface area contributed by atoms with Crippen LogP contribution >= 0.6 is 0 Å². The Balaban J connectivity index is 1.56. The van der Waals surface area contributed by atoms with Crippen LogP contribution in [-0.2, 0) is 11.2 Å². The van der Waals surface area contributed by atoms with Gasteiger partial charge in [0, 0.05) is 29.9 Å². The summed E-state index contributed by atoms with van der Waals surface area (Å²) in [4.78, 5) is 23.7. The third-order valence-corrected chi connectivity index (χ3v) is 6.36. The minimum atomic E-state index is -0.285. The second-order valence-corrected chi connectivity index (χ2v) is 8.77. The molecule has 178 valence electrons. The van der Waals surface area contributed by atoms with Crippen LogP contribution in [0.1, 0.15) is 61.5 Å². The first-order chi connectivity index (χ1) is 16.4. The van der Waals surface area contributed by atoms with E-state index in [-0.39, 0.29) is 17.8 Å². The molecule has 6 nitrogen and oxygen atoms in total. The van der Waals surface area contributed by atoms with Crippen molar-refractivity contribution >= 4 is 23.4 Å². The van der Waals surface area contributed by atoms with Crippen LogP contribution in [0.15, 0.2) is 42.5 Å². The number of carbonyl (C=O) groups excluding carboxylic acids is 1. The van der Waals surface area contributed by atoms with E-state index in [1.54, 1.807) is 12.1 Å². The Morgan fingerprint density at radius 2 is 1.94 bits per heavy atom. The Labute approximate surface area is 200 Å². The summed E-state index contributed by atoms with van der Waals surface area (Å²) < 4.78 is 18.8. The highest BCUT2D eigenvalue weighted by molar-refractivity contribution is 5.72. The van der Waals surface area contributed by atoms with Gasteiger partial charge in [-0.3, -0.25) is 4.79 Å². The first-order valence-corrected chi connectivity index (χ1v) is 11.8. The van der Waals surface area contributed by atoms with Crippen molar-refractivity contribution in [1.29, 1.82) is 0 Å². The van der Waals surface area contributed by atoms with Gasteiger partial charge in [0.05, 0.1) is 6.04 Å². The summed E-state index contributed by atoms with van der Waals surface area (Å²) in [7, 11) is 0. The molecule has 0 amide bonds. The van der Waals surface area contributed by atoms with Gasteiger partial charge in [0.1, 0.15) is 17.4 Å². The summed E-state index contributed by atoms with van der Waals surface area (Å²) >= 11 is 0. The minimum Gasteiger partial charge on any atom is -0.427 e. The zero-order chi connectivity index (χ0) is 24.2. The molecule has 1 atom stereocenters. The molecule has 0 saturated heterocycles. The number of hydrogen-bond acceptors (Lipinski definition) is 6. The fourth-order valence-electron chi connectivity index (χ4n) is 4.28. The third kappa shape index (κ3) is 5.19. The van der Waals surface area contributed by atoms with Crippen molar-refractivity contribution in [1.82, 2.24) is 9.97 Å². The Morgan fingerprint density at radius 1 is 1.18 bits per heavy atom. The molecule has 0 spiro atoms. The second kappa shape index (κ2) is 10.2. The molecule has 1 aromatic heterocycles. The van der Waals surface area contributed by atoms with Crippen LogP contribution < -0.4 is 15.0 Å². The lowest BCUT2D eigenvalue weighted by Gasteiger charge is -2.37. The lowest BCUT2D eigenvalue weighted by Crippen LogP contribution is -2.35. The average molecular weight is 463 g/mol. The highest BCUT2D eigenvalue weighted by Gasteiger charge is 2.27. The van der Waals surface area contributed by atoms with Gasteiger partial charge >= 0.3 is 5.97 Å². The molecule has 2 heterocycles. The van der Waals surface area contributed by atoms with E-state index in [4.69, 9.17) is 9.72 Å². The van der Waals surface area contributed by atoms with Gasteiger partial charge in [-0.05, 0) is 81.1 Å². The molecule has 0 radical (unpaired) electrons. The van der Waals surface area contributed by atoms with E-state index in [0.717, 1.165) is 48.6 Å². The summed E-state index contributed by atoms with van der Waals surface area (Å²) in [5, 5.41) is 3.19. The van der Waals surface area contributed by atoms with Crippen molar-refractivity contribution in [2.24, 2.45) is 0 Å². The molecule has 3 aromatic rings. The number of carbonyl (C=O) groups is 1. The number of nitrogens with zero attached hydrogens (tertiary/aromatic N) is 3. The van der Waals surface area contributed by atoms with Gasteiger partial charge in [0.15, 0.2) is 0 Å². The molecule has 0 fully saturated rings. The maximum Gasteiger partial charge on any atom is 0.311 e. The third-order valence-electron chi connectivity index (χ3n) is 6.36. The molecule has 7 heteroatoms. The number of aryl methyl sites for hydroxylation is 1. The second-order valence-electron chi connectivity index (χ2n) is 8.77. The summed E-state index contributed by atoms with van der Waals surface area (Å²) in [6.07, 6.45) is 3.07. The molecular weight excluding hydrogens is 431 g/mol. The number of halogens is 1. The zero-order valence-electron chi connectivity index (χ0n) is 20.2. The topological polar surface area (TPSA) is 67.3 Å². The monoisotopic (exact) mass is 462 g/mol. The van der Waals surface area contributed by atoms with Gasteiger partial charge < -0.3 is 15.0 Å². The van der Waals surface area contributed by atoms with Gasteiger partial charge in [0.25, 0.3) is 0 Å². The lowest BCUT2D eigenvalue weighted by molar-refractivity contribution is -0.134. The van der Waals surface area contributed by atoms with Crippen LogP contribution in [0.2, 0.25) is 0 Å².